The minimum Gasteiger partial charge on any atom is -0.440 e. The van der Waals surface area contributed by atoms with Crippen molar-refractivity contribution in [3.63, 3.8) is 0 Å². The lowest BCUT2D eigenvalue weighted by Crippen LogP contribution is -1.93. The average Bonchev–Trinajstić information content (AvgIpc) is 2.70. The Morgan fingerprint density at radius 1 is 1.44 bits per heavy atom. The molecular formula is C11H9N3OS. The highest BCUT2D eigenvalue weighted by Crippen LogP contribution is 2.30. The Kier molecular flexibility index (Phi) is 2.93. The van der Waals surface area contributed by atoms with Crippen molar-refractivity contribution in [2.75, 3.05) is 0 Å². The summed E-state index contributed by atoms with van der Waals surface area (Å²) in [5.74, 6) is 0. The van der Waals surface area contributed by atoms with Crippen LogP contribution < -0.4 is 0 Å². The first-order chi connectivity index (χ1) is 7.70. The molecule has 0 radical (unpaired) electrons. The number of rotatable bonds is 2. The molecule has 0 bridgehead atoms. The van der Waals surface area contributed by atoms with Crippen LogP contribution in [0.4, 0.5) is 0 Å². The molecule has 2 heterocycles. The Morgan fingerprint density at radius 2 is 2.25 bits per heavy atom. The number of nitriles is 1. The number of hydrogen-bond donors (Lipinski definition) is 0. The van der Waals surface area contributed by atoms with Crippen LogP contribution in [0.5, 0.6) is 0 Å². The fraction of sp³-hybridized carbons (Fsp3) is 0.182. The van der Waals surface area contributed by atoms with Crippen LogP contribution in [-0.2, 0) is 0 Å². The quantitative estimate of drug-likeness (QED) is 0.795. The van der Waals surface area contributed by atoms with Crippen LogP contribution in [0.25, 0.3) is 0 Å². The molecule has 2 rings (SSSR count). The van der Waals surface area contributed by atoms with Crippen molar-refractivity contribution in [2.24, 2.45) is 0 Å². The summed E-state index contributed by atoms with van der Waals surface area (Å²) in [4.78, 5) is 9.09. The highest BCUT2D eigenvalue weighted by molar-refractivity contribution is 7.99. The molecule has 0 saturated carbocycles. The smallest absolute Gasteiger partial charge is 0.260 e. The van der Waals surface area contributed by atoms with Gasteiger partial charge in [0.05, 0.1) is 17.5 Å². The molecule has 0 saturated heterocycles. The minimum atomic E-state index is 0.529. The third kappa shape index (κ3) is 2.07. The molecular weight excluding hydrogens is 222 g/mol. The first-order valence-electron chi connectivity index (χ1n) is 4.66. The number of aryl methyl sites for hydroxylation is 2. The van der Waals surface area contributed by atoms with E-state index in [-0.39, 0.29) is 0 Å². The fourth-order valence-corrected chi connectivity index (χ4v) is 2.29. The number of pyridine rings is 1. The maximum atomic E-state index is 9.06. The lowest BCUT2D eigenvalue weighted by Gasteiger charge is -2.04. The summed E-state index contributed by atoms with van der Waals surface area (Å²) in [6.07, 6.45) is 3.09. The summed E-state index contributed by atoms with van der Waals surface area (Å²) in [5.41, 5.74) is 2.19. The van der Waals surface area contributed by atoms with Gasteiger partial charge in [0, 0.05) is 10.6 Å². The van der Waals surface area contributed by atoms with Crippen molar-refractivity contribution < 1.29 is 4.42 Å². The standard InChI is InChI=1S/C11H9N3OS/c1-7-5-10(9(6-12)8(2)14-7)16-11-13-3-4-15-11/h3-5H,1-2H3. The first kappa shape index (κ1) is 10.7. The van der Waals surface area contributed by atoms with Crippen LogP contribution in [0.15, 0.2) is 33.1 Å². The van der Waals surface area contributed by atoms with Gasteiger partial charge in [-0.3, -0.25) is 4.98 Å². The van der Waals surface area contributed by atoms with Crippen LogP contribution in [0.3, 0.4) is 0 Å². The number of aromatic nitrogens is 2. The third-order valence-electron chi connectivity index (χ3n) is 2.01. The highest BCUT2D eigenvalue weighted by Gasteiger charge is 2.11. The topological polar surface area (TPSA) is 62.7 Å². The van der Waals surface area contributed by atoms with Crippen molar-refractivity contribution in [1.82, 2.24) is 9.97 Å². The average molecular weight is 231 g/mol. The molecule has 0 atom stereocenters. The molecule has 0 amide bonds. The van der Waals surface area contributed by atoms with E-state index in [1.54, 1.807) is 6.20 Å². The minimum absolute atomic E-state index is 0.529. The van der Waals surface area contributed by atoms with Crippen molar-refractivity contribution in [1.29, 1.82) is 5.26 Å². The number of oxazole rings is 1. The SMILES string of the molecule is Cc1cc(Sc2ncco2)c(C#N)c(C)n1. The number of nitrogens with zero attached hydrogens (tertiary/aromatic N) is 3. The van der Waals surface area contributed by atoms with Crippen molar-refractivity contribution in [2.45, 2.75) is 24.0 Å². The second kappa shape index (κ2) is 4.37. The highest BCUT2D eigenvalue weighted by atomic mass is 32.2. The Balaban J connectivity index is 2.44. The van der Waals surface area contributed by atoms with Gasteiger partial charge in [-0.2, -0.15) is 5.26 Å². The summed E-state index contributed by atoms with van der Waals surface area (Å²) in [6.45, 7) is 3.72. The maximum absolute atomic E-state index is 9.06. The van der Waals surface area contributed by atoms with Gasteiger partial charge in [0.1, 0.15) is 12.3 Å². The van der Waals surface area contributed by atoms with E-state index in [4.69, 9.17) is 9.68 Å². The molecule has 0 N–H and O–H groups in total. The molecule has 16 heavy (non-hydrogen) atoms. The van der Waals surface area contributed by atoms with E-state index in [0.717, 1.165) is 16.3 Å². The largest absolute Gasteiger partial charge is 0.440 e. The van der Waals surface area contributed by atoms with Crippen molar-refractivity contribution in [3.05, 3.63) is 35.5 Å². The van der Waals surface area contributed by atoms with Crippen LogP contribution >= 0.6 is 11.8 Å². The van der Waals surface area contributed by atoms with Crippen LogP contribution in [0.2, 0.25) is 0 Å². The van der Waals surface area contributed by atoms with E-state index in [2.05, 4.69) is 16.0 Å². The fourth-order valence-electron chi connectivity index (χ4n) is 1.36. The molecule has 0 aliphatic heterocycles. The normalized spacial score (nSPS) is 10.1. The van der Waals surface area contributed by atoms with Crippen molar-refractivity contribution >= 4 is 11.8 Å². The Labute approximate surface area is 97.3 Å². The molecule has 0 aliphatic rings. The zero-order chi connectivity index (χ0) is 11.5. The molecule has 0 aliphatic carbocycles. The molecule has 5 heteroatoms. The van der Waals surface area contributed by atoms with Crippen molar-refractivity contribution in [3.8, 4) is 6.07 Å². The predicted molar refractivity (Wildman–Crippen MR) is 59.1 cm³/mol. The molecule has 2 aromatic heterocycles. The van der Waals surface area contributed by atoms with Gasteiger partial charge in [0.25, 0.3) is 5.22 Å². The number of hydrogen-bond acceptors (Lipinski definition) is 5. The monoisotopic (exact) mass is 231 g/mol. The second-order valence-corrected chi connectivity index (χ2v) is 4.23. The van der Waals surface area contributed by atoms with Gasteiger partial charge < -0.3 is 4.42 Å². The summed E-state index contributed by atoms with van der Waals surface area (Å²) in [6, 6.07) is 4.01. The molecule has 0 fully saturated rings. The summed E-state index contributed by atoms with van der Waals surface area (Å²) >= 11 is 1.33. The lowest BCUT2D eigenvalue weighted by atomic mass is 10.2. The summed E-state index contributed by atoms with van der Waals surface area (Å²) < 4.78 is 5.14. The van der Waals surface area contributed by atoms with Gasteiger partial charge in [-0.15, -0.1) is 0 Å². The Bertz CT molecular complexity index is 543. The van der Waals surface area contributed by atoms with Gasteiger partial charge in [0.2, 0.25) is 0 Å². The van der Waals surface area contributed by atoms with E-state index in [9.17, 15) is 0 Å². The molecule has 4 nitrogen and oxygen atoms in total. The molecule has 0 spiro atoms. The van der Waals surface area contributed by atoms with Gasteiger partial charge in [-0.1, -0.05) is 0 Å². The summed E-state index contributed by atoms with van der Waals surface area (Å²) in [5, 5.41) is 9.59. The van der Waals surface area contributed by atoms with E-state index >= 15 is 0 Å². The van der Waals surface area contributed by atoms with Gasteiger partial charge >= 0.3 is 0 Å². The van der Waals surface area contributed by atoms with Gasteiger partial charge in [-0.05, 0) is 31.7 Å². The van der Waals surface area contributed by atoms with E-state index in [0.29, 0.717) is 10.8 Å². The zero-order valence-corrected chi connectivity index (χ0v) is 9.71. The van der Waals surface area contributed by atoms with Crippen LogP contribution in [0, 0.1) is 25.2 Å². The molecule has 80 valence electrons. The molecule has 2 aromatic rings. The predicted octanol–water partition coefficient (Wildman–Crippen LogP) is 2.71. The van der Waals surface area contributed by atoms with Crippen LogP contribution in [-0.4, -0.2) is 9.97 Å². The zero-order valence-electron chi connectivity index (χ0n) is 8.89. The maximum Gasteiger partial charge on any atom is 0.260 e. The van der Waals surface area contributed by atoms with Crippen LogP contribution in [0.1, 0.15) is 17.0 Å². The lowest BCUT2D eigenvalue weighted by molar-refractivity contribution is 0.454. The van der Waals surface area contributed by atoms with E-state index < -0.39 is 0 Å². The molecule has 0 aromatic carbocycles. The van der Waals surface area contributed by atoms with Gasteiger partial charge in [0.15, 0.2) is 0 Å². The summed E-state index contributed by atoms with van der Waals surface area (Å²) in [7, 11) is 0. The second-order valence-electron chi connectivity index (χ2n) is 3.23. The Morgan fingerprint density at radius 3 is 2.88 bits per heavy atom. The third-order valence-corrected chi connectivity index (χ3v) is 2.93. The van der Waals surface area contributed by atoms with E-state index in [1.807, 2.05) is 19.9 Å². The molecule has 0 unspecified atom stereocenters. The van der Waals surface area contributed by atoms with E-state index in [1.165, 1.54) is 18.0 Å². The Hall–Kier alpha value is -1.80. The van der Waals surface area contributed by atoms with Gasteiger partial charge in [-0.25, -0.2) is 4.98 Å². The first-order valence-corrected chi connectivity index (χ1v) is 5.48.